The third-order valence-electron chi connectivity index (χ3n) is 4.63. The maximum atomic E-state index is 12.1. The largest absolute Gasteiger partial charge is 0.298 e. The van der Waals surface area contributed by atoms with E-state index in [0.717, 1.165) is 38.4 Å². The second kappa shape index (κ2) is 5.07. The maximum Gasteiger partial charge on any atom is 0.149 e. The molecule has 0 aromatic heterocycles. The third-order valence-corrected chi connectivity index (χ3v) is 4.63. The van der Waals surface area contributed by atoms with Crippen molar-refractivity contribution < 1.29 is 4.79 Å². The molecule has 1 saturated heterocycles. The Morgan fingerprint density at radius 3 is 2.24 bits per heavy atom. The van der Waals surface area contributed by atoms with Crippen LogP contribution in [0.1, 0.15) is 44.9 Å². The molecule has 3 rings (SSSR count). The zero-order chi connectivity index (χ0) is 11.7. The molecule has 0 bridgehead atoms. The van der Waals surface area contributed by atoms with Crippen LogP contribution in [-0.2, 0) is 4.79 Å². The van der Waals surface area contributed by atoms with Crippen LogP contribution in [0.2, 0.25) is 0 Å². The molecule has 1 unspecified atom stereocenters. The molecule has 3 fully saturated rings. The van der Waals surface area contributed by atoms with Gasteiger partial charge in [0.25, 0.3) is 0 Å². The summed E-state index contributed by atoms with van der Waals surface area (Å²) in [7, 11) is 0. The van der Waals surface area contributed by atoms with Gasteiger partial charge in [-0.3, -0.25) is 14.6 Å². The molecular weight excluding hydrogens is 212 g/mol. The minimum Gasteiger partial charge on any atom is -0.298 e. The van der Waals surface area contributed by atoms with Crippen LogP contribution < -0.4 is 0 Å². The van der Waals surface area contributed by atoms with Crippen LogP contribution in [-0.4, -0.2) is 53.8 Å². The van der Waals surface area contributed by atoms with Crippen LogP contribution >= 0.6 is 0 Å². The van der Waals surface area contributed by atoms with Crippen LogP contribution in [0, 0.1) is 0 Å². The first-order valence-corrected chi connectivity index (χ1v) is 7.35. The summed E-state index contributed by atoms with van der Waals surface area (Å²) in [6, 6.07) is 1.15. The molecule has 1 heterocycles. The molecule has 3 nitrogen and oxygen atoms in total. The molecule has 1 atom stereocenters. The smallest absolute Gasteiger partial charge is 0.149 e. The molecule has 3 heteroatoms. The van der Waals surface area contributed by atoms with Crippen molar-refractivity contribution >= 4 is 5.78 Å². The molecule has 0 aromatic carbocycles. The fourth-order valence-electron chi connectivity index (χ4n) is 3.38. The number of nitrogens with zero attached hydrogens (tertiary/aromatic N) is 2. The van der Waals surface area contributed by atoms with Gasteiger partial charge in [0.2, 0.25) is 0 Å². The van der Waals surface area contributed by atoms with Crippen molar-refractivity contribution in [3.63, 3.8) is 0 Å². The Balaban J connectivity index is 1.55. The van der Waals surface area contributed by atoms with Crippen molar-refractivity contribution in [3.05, 3.63) is 0 Å². The summed E-state index contributed by atoms with van der Waals surface area (Å²) >= 11 is 0. The third kappa shape index (κ3) is 2.71. The van der Waals surface area contributed by atoms with E-state index in [9.17, 15) is 4.79 Å². The van der Waals surface area contributed by atoms with E-state index in [4.69, 9.17) is 0 Å². The second-order valence-electron chi connectivity index (χ2n) is 5.88. The quantitative estimate of drug-likeness (QED) is 0.681. The average Bonchev–Trinajstić information content (AvgIpc) is 3.17. The van der Waals surface area contributed by atoms with Crippen molar-refractivity contribution in [2.24, 2.45) is 0 Å². The molecule has 0 amide bonds. The lowest BCUT2D eigenvalue weighted by atomic mass is 10.0. The molecule has 0 spiro atoms. The van der Waals surface area contributed by atoms with Gasteiger partial charge in [-0.15, -0.1) is 0 Å². The van der Waals surface area contributed by atoms with E-state index < -0.39 is 0 Å². The van der Waals surface area contributed by atoms with Crippen molar-refractivity contribution in [2.45, 2.75) is 57.0 Å². The number of hydrogen-bond acceptors (Lipinski definition) is 3. The zero-order valence-electron chi connectivity index (χ0n) is 10.7. The Morgan fingerprint density at radius 1 is 0.824 bits per heavy atom. The van der Waals surface area contributed by atoms with Crippen molar-refractivity contribution in [1.82, 2.24) is 9.80 Å². The first-order chi connectivity index (χ1) is 8.34. The number of rotatable bonds is 2. The molecule has 2 aliphatic carbocycles. The molecule has 0 radical (unpaired) electrons. The zero-order valence-corrected chi connectivity index (χ0v) is 10.7. The van der Waals surface area contributed by atoms with Gasteiger partial charge in [0, 0.05) is 38.6 Å². The Hall–Kier alpha value is -0.410. The van der Waals surface area contributed by atoms with Crippen LogP contribution in [0.4, 0.5) is 0 Å². The van der Waals surface area contributed by atoms with Gasteiger partial charge in [-0.05, 0) is 25.7 Å². The van der Waals surface area contributed by atoms with Crippen molar-refractivity contribution in [1.29, 1.82) is 0 Å². The number of Topliss-reactive ketones (excluding diaryl/α,β-unsaturated/α-hetero) is 1. The lowest BCUT2D eigenvalue weighted by Gasteiger charge is -2.38. The topological polar surface area (TPSA) is 23.6 Å². The Labute approximate surface area is 104 Å². The number of piperazine rings is 1. The van der Waals surface area contributed by atoms with Crippen molar-refractivity contribution in [2.75, 3.05) is 26.2 Å². The predicted octanol–water partition coefficient (Wildman–Crippen LogP) is 1.67. The van der Waals surface area contributed by atoms with E-state index in [1.54, 1.807) is 0 Å². The SMILES string of the molecule is O=C1CCCCCC1N1CCN(C2CC2)CC1. The normalized spacial score (nSPS) is 33.6. The second-order valence-corrected chi connectivity index (χ2v) is 5.88. The lowest BCUT2D eigenvalue weighted by Crippen LogP contribution is -2.52. The summed E-state index contributed by atoms with van der Waals surface area (Å²) in [4.78, 5) is 17.2. The molecule has 0 aromatic rings. The highest BCUT2D eigenvalue weighted by Gasteiger charge is 2.34. The van der Waals surface area contributed by atoms with E-state index in [0.29, 0.717) is 5.78 Å². The highest BCUT2D eigenvalue weighted by Crippen LogP contribution is 2.28. The van der Waals surface area contributed by atoms with Crippen LogP contribution in [0.25, 0.3) is 0 Å². The summed E-state index contributed by atoms with van der Waals surface area (Å²) in [5.41, 5.74) is 0. The Kier molecular flexibility index (Phi) is 3.48. The molecule has 3 aliphatic rings. The minimum atomic E-state index is 0.263. The lowest BCUT2D eigenvalue weighted by molar-refractivity contribution is -0.124. The maximum absolute atomic E-state index is 12.1. The van der Waals surface area contributed by atoms with Crippen LogP contribution in [0.5, 0.6) is 0 Å². The summed E-state index contributed by atoms with van der Waals surface area (Å²) in [5.74, 6) is 0.516. The molecule has 96 valence electrons. The van der Waals surface area contributed by atoms with E-state index in [-0.39, 0.29) is 6.04 Å². The number of hydrogen-bond donors (Lipinski definition) is 0. The van der Waals surface area contributed by atoms with E-state index in [1.807, 2.05) is 0 Å². The van der Waals surface area contributed by atoms with Gasteiger partial charge in [-0.25, -0.2) is 0 Å². The first-order valence-electron chi connectivity index (χ1n) is 7.35. The van der Waals surface area contributed by atoms with E-state index in [1.165, 1.54) is 38.8 Å². The Morgan fingerprint density at radius 2 is 1.53 bits per heavy atom. The first kappa shape index (κ1) is 11.7. The van der Waals surface area contributed by atoms with Gasteiger partial charge in [0.1, 0.15) is 5.78 Å². The fourth-order valence-corrected chi connectivity index (χ4v) is 3.38. The van der Waals surface area contributed by atoms with Gasteiger partial charge in [-0.1, -0.05) is 12.8 Å². The molecule has 2 saturated carbocycles. The van der Waals surface area contributed by atoms with Gasteiger partial charge >= 0.3 is 0 Å². The van der Waals surface area contributed by atoms with Crippen LogP contribution in [0.3, 0.4) is 0 Å². The molecular formula is C14H24N2O. The number of ketones is 1. The van der Waals surface area contributed by atoms with Crippen molar-refractivity contribution in [3.8, 4) is 0 Å². The molecule has 1 aliphatic heterocycles. The van der Waals surface area contributed by atoms with Gasteiger partial charge < -0.3 is 0 Å². The van der Waals surface area contributed by atoms with Gasteiger partial charge in [-0.2, -0.15) is 0 Å². The monoisotopic (exact) mass is 236 g/mol. The fraction of sp³-hybridized carbons (Fsp3) is 0.929. The minimum absolute atomic E-state index is 0.263. The Bertz CT molecular complexity index is 280. The average molecular weight is 236 g/mol. The summed E-state index contributed by atoms with van der Waals surface area (Å²) < 4.78 is 0. The summed E-state index contributed by atoms with van der Waals surface area (Å²) in [6.07, 6.45) is 8.38. The highest BCUT2D eigenvalue weighted by molar-refractivity contribution is 5.84. The highest BCUT2D eigenvalue weighted by atomic mass is 16.1. The standard InChI is InChI=1S/C14H24N2O/c17-14-5-3-1-2-4-13(14)16-10-8-15(9-11-16)12-6-7-12/h12-13H,1-11H2. The van der Waals surface area contributed by atoms with Crippen LogP contribution in [0.15, 0.2) is 0 Å². The summed E-state index contributed by atoms with van der Waals surface area (Å²) in [6.45, 7) is 4.61. The van der Waals surface area contributed by atoms with Gasteiger partial charge in [0.05, 0.1) is 6.04 Å². The molecule has 0 N–H and O–H groups in total. The number of carbonyl (C=O) groups excluding carboxylic acids is 1. The predicted molar refractivity (Wildman–Crippen MR) is 68.0 cm³/mol. The van der Waals surface area contributed by atoms with E-state index >= 15 is 0 Å². The summed E-state index contributed by atoms with van der Waals surface area (Å²) in [5, 5.41) is 0. The van der Waals surface area contributed by atoms with Gasteiger partial charge in [0.15, 0.2) is 0 Å². The molecule has 17 heavy (non-hydrogen) atoms. The number of carbonyl (C=O) groups is 1. The van der Waals surface area contributed by atoms with E-state index in [2.05, 4.69) is 9.80 Å².